The van der Waals surface area contributed by atoms with Crippen LogP contribution in [0.2, 0.25) is 5.02 Å². The highest BCUT2D eigenvalue weighted by molar-refractivity contribution is 7.99. The number of thioether (sulfide) groups is 1. The van der Waals surface area contributed by atoms with Gasteiger partial charge in [0.05, 0.1) is 30.9 Å². The van der Waals surface area contributed by atoms with Crippen molar-refractivity contribution in [3.63, 3.8) is 0 Å². The quantitative estimate of drug-likeness (QED) is 0.480. The van der Waals surface area contributed by atoms with Crippen molar-refractivity contribution < 1.29 is 19.2 Å². The number of nitrogens with zero attached hydrogens (tertiary/aromatic N) is 2. The Labute approximate surface area is 178 Å². The van der Waals surface area contributed by atoms with Crippen molar-refractivity contribution in [3.8, 4) is 5.75 Å². The Morgan fingerprint density at radius 2 is 2.10 bits per heavy atom. The van der Waals surface area contributed by atoms with Crippen LogP contribution in [-0.4, -0.2) is 48.3 Å². The van der Waals surface area contributed by atoms with Crippen LogP contribution in [0.25, 0.3) is 0 Å². The standard InChI is InChI=1S/C20H21ClN2O5S/c1-27-18-7-2-14(10-17(18)23(25)26)12-29-13-20(24)22-8-9-28-19(11-22)15-3-5-16(21)6-4-15/h2-7,10,19H,8-9,11-13H2,1H3. The lowest BCUT2D eigenvalue weighted by Crippen LogP contribution is -2.43. The third-order valence-electron chi connectivity index (χ3n) is 4.60. The van der Waals surface area contributed by atoms with E-state index >= 15 is 0 Å². The lowest BCUT2D eigenvalue weighted by Gasteiger charge is -2.33. The summed E-state index contributed by atoms with van der Waals surface area (Å²) in [6.45, 7) is 1.53. The number of halogens is 1. The summed E-state index contributed by atoms with van der Waals surface area (Å²) in [7, 11) is 1.40. The van der Waals surface area contributed by atoms with Gasteiger partial charge < -0.3 is 14.4 Å². The number of benzene rings is 2. The van der Waals surface area contributed by atoms with Gasteiger partial charge in [-0.2, -0.15) is 0 Å². The zero-order valence-corrected chi connectivity index (χ0v) is 17.4. The number of hydrogen-bond donors (Lipinski definition) is 0. The Bertz CT molecular complexity index is 878. The number of carbonyl (C=O) groups excluding carboxylic acids is 1. The van der Waals surface area contributed by atoms with Gasteiger partial charge in [0.1, 0.15) is 6.10 Å². The second-order valence-electron chi connectivity index (χ2n) is 6.51. The van der Waals surface area contributed by atoms with Crippen molar-refractivity contribution in [1.82, 2.24) is 4.90 Å². The molecule has 1 fully saturated rings. The van der Waals surface area contributed by atoms with E-state index in [0.717, 1.165) is 11.1 Å². The maximum absolute atomic E-state index is 12.6. The van der Waals surface area contributed by atoms with Gasteiger partial charge in [-0.3, -0.25) is 14.9 Å². The van der Waals surface area contributed by atoms with E-state index in [2.05, 4.69) is 0 Å². The van der Waals surface area contributed by atoms with E-state index in [0.29, 0.717) is 36.2 Å². The van der Waals surface area contributed by atoms with Gasteiger partial charge in [-0.05, 0) is 29.3 Å². The van der Waals surface area contributed by atoms with Gasteiger partial charge in [0.15, 0.2) is 5.75 Å². The summed E-state index contributed by atoms with van der Waals surface area (Å²) >= 11 is 7.36. The van der Waals surface area contributed by atoms with Crippen molar-refractivity contribution in [1.29, 1.82) is 0 Å². The molecule has 29 heavy (non-hydrogen) atoms. The van der Waals surface area contributed by atoms with Gasteiger partial charge in [-0.1, -0.05) is 29.8 Å². The minimum Gasteiger partial charge on any atom is -0.490 e. The van der Waals surface area contributed by atoms with Crippen LogP contribution >= 0.6 is 23.4 Å². The highest BCUT2D eigenvalue weighted by Gasteiger charge is 2.25. The second-order valence-corrected chi connectivity index (χ2v) is 7.93. The molecule has 1 aliphatic heterocycles. The van der Waals surface area contributed by atoms with Crippen molar-refractivity contribution in [2.75, 3.05) is 32.6 Å². The van der Waals surface area contributed by atoms with Gasteiger partial charge in [-0.15, -0.1) is 11.8 Å². The molecule has 3 rings (SSSR count). The van der Waals surface area contributed by atoms with Crippen LogP contribution < -0.4 is 4.74 Å². The molecule has 1 amide bonds. The Kier molecular flexibility index (Phi) is 7.35. The molecule has 2 aromatic carbocycles. The van der Waals surface area contributed by atoms with Crippen molar-refractivity contribution in [2.45, 2.75) is 11.9 Å². The minimum atomic E-state index is -0.469. The van der Waals surface area contributed by atoms with Crippen LogP contribution in [0.3, 0.4) is 0 Å². The number of methoxy groups -OCH3 is 1. The van der Waals surface area contributed by atoms with E-state index in [1.807, 2.05) is 24.3 Å². The van der Waals surface area contributed by atoms with Gasteiger partial charge in [0.2, 0.25) is 5.91 Å². The first kappa shape index (κ1) is 21.4. The zero-order valence-electron chi connectivity index (χ0n) is 15.9. The summed E-state index contributed by atoms with van der Waals surface area (Å²) < 4.78 is 10.8. The Hall–Kier alpha value is -2.29. The molecule has 154 valence electrons. The molecule has 9 heteroatoms. The van der Waals surface area contributed by atoms with Crippen LogP contribution in [0.1, 0.15) is 17.2 Å². The second kappa shape index (κ2) is 9.96. The normalized spacial score (nSPS) is 16.5. The maximum atomic E-state index is 12.6. The summed E-state index contributed by atoms with van der Waals surface area (Å²) in [6.07, 6.45) is -0.167. The van der Waals surface area contributed by atoms with Crippen LogP contribution in [0.15, 0.2) is 42.5 Å². The monoisotopic (exact) mass is 436 g/mol. The number of ether oxygens (including phenoxy) is 2. The SMILES string of the molecule is COc1ccc(CSCC(=O)N2CCOC(c3ccc(Cl)cc3)C2)cc1[N+](=O)[O-]. The van der Waals surface area contributed by atoms with E-state index in [-0.39, 0.29) is 23.4 Å². The highest BCUT2D eigenvalue weighted by atomic mass is 35.5. The van der Waals surface area contributed by atoms with Gasteiger partial charge in [-0.25, -0.2) is 0 Å². The predicted molar refractivity (Wildman–Crippen MR) is 113 cm³/mol. The largest absolute Gasteiger partial charge is 0.490 e. The average molecular weight is 437 g/mol. The van der Waals surface area contributed by atoms with E-state index in [4.69, 9.17) is 21.1 Å². The smallest absolute Gasteiger partial charge is 0.311 e. The minimum absolute atomic E-state index is 0.0280. The molecule has 1 atom stereocenters. The number of nitro benzene ring substituents is 1. The van der Waals surface area contributed by atoms with Gasteiger partial charge in [0.25, 0.3) is 0 Å². The highest BCUT2D eigenvalue weighted by Crippen LogP contribution is 2.29. The molecule has 7 nitrogen and oxygen atoms in total. The summed E-state index contributed by atoms with van der Waals surface area (Å²) in [5.41, 5.74) is 1.69. The number of amides is 1. The molecule has 1 heterocycles. The number of hydrogen-bond acceptors (Lipinski definition) is 6. The Morgan fingerprint density at radius 3 is 2.79 bits per heavy atom. The Morgan fingerprint density at radius 1 is 1.34 bits per heavy atom. The summed E-state index contributed by atoms with van der Waals surface area (Å²) in [4.78, 5) is 25.1. The molecule has 0 N–H and O–H groups in total. The molecule has 1 saturated heterocycles. The Balaban J connectivity index is 1.53. The molecule has 0 radical (unpaired) electrons. The molecular weight excluding hydrogens is 416 g/mol. The number of nitro groups is 1. The van der Waals surface area contributed by atoms with Crippen LogP contribution in [0, 0.1) is 10.1 Å². The predicted octanol–water partition coefficient (Wildman–Crippen LogP) is 4.09. The van der Waals surface area contributed by atoms with E-state index in [1.165, 1.54) is 24.9 Å². The third kappa shape index (κ3) is 5.62. The lowest BCUT2D eigenvalue weighted by molar-refractivity contribution is -0.385. The third-order valence-corrected chi connectivity index (χ3v) is 5.84. The first-order valence-electron chi connectivity index (χ1n) is 9.02. The maximum Gasteiger partial charge on any atom is 0.311 e. The molecule has 1 aliphatic rings. The molecule has 0 aromatic heterocycles. The topological polar surface area (TPSA) is 81.9 Å². The van der Waals surface area contributed by atoms with Crippen molar-refractivity contribution in [3.05, 3.63) is 68.7 Å². The van der Waals surface area contributed by atoms with E-state index < -0.39 is 4.92 Å². The summed E-state index contributed by atoms with van der Waals surface area (Å²) in [5, 5.41) is 11.8. The number of carbonyl (C=O) groups is 1. The molecule has 0 spiro atoms. The average Bonchev–Trinajstić information content (AvgIpc) is 2.74. The van der Waals surface area contributed by atoms with Crippen LogP contribution in [0.4, 0.5) is 5.69 Å². The first-order chi connectivity index (χ1) is 14.0. The van der Waals surface area contributed by atoms with E-state index in [9.17, 15) is 14.9 Å². The van der Waals surface area contributed by atoms with Crippen molar-refractivity contribution >= 4 is 35.0 Å². The first-order valence-corrected chi connectivity index (χ1v) is 10.5. The summed E-state index contributed by atoms with van der Waals surface area (Å²) in [5.74, 6) is 1.05. The van der Waals surface area contributed by atoms with Gasteiger partial charge in [0, 0.05) is 23.4 Å². The molecule has 0 bridgehead atoms. The van der Waals surface area contributed by atoms with Crippen LogP contribution in [-0.2, 0) is 15.3 Å². The zero-order chi connectivity index (χ0) is 20.8. The van der Waals surface area contributed by atoms with Gasteiger partial charge >= 0.3 is 5.69 Å². The fraction of sp³-hybridized carbons (Fsp3) is 0.350. The number of rotatable bonds is 7. The summed E-state index contributed by atoms with van der Waals surface area (Å²) in [6, 6.07) is 12.3. The lowest BCUT2D eigenvalue weighted by atomic mass is 10.1. The number of morpholine rings is 1. The molecular formula is C20H21ClN2O5S. The van der Waals surface area contributed by atoms with Crippen molar-refractivity contribution in [2.24, 2.45) is 0 Å². The molecule has 1 unspecified atom stereocenters. The van der Waals surface area contributed by atoms with E-state index in [1.54, 1.807) is 17.0 Å². The fourth-order valence-electron chi connectivity index (χ4n) is 3.07. The van der Waals surface area contributed by atoms with Crippen LogP contribution in [0.5, 0.6) is 5.75 Å². The molecule has 2 aromatic rings. The molecule has 0 saturated carbocycles. The molecule has 0 aliphatic carbocycles. The fourth-order valence-corrected chi connectivity index (χ4v) is 4.07.